The maximum absolute atomic E-state index is 13.2. The molecule has 17 nitrogen and oxygen atoms in total. The van der Waals surface area contributed by atoms with E-state index >= 15 is 0 Å². The Bertz CT molecular complexity index is 5310. The molecule has 0 saturated heterocycles. The summed E-state index contributed by atoms with van der Waals surface area (Å²) in [6.45, 7) is 13.2. The van der Waals surface area contributed by atoms with Crippen LogP contribution in [0.5, 0.6) is 0 Å². The molecule has 5 atom stereocenters. The van der Waals surface area contributed by atoms with Gasteiger partial charge >= 0.3 is 42.4 Å². The summed E-state index contributed by atoms with van der Waals surface area (Å²) in [7, 11) is -15.5. The van der Waals surface area contributed by atoms with Gasteiger partial charge in [-0.05, 0) is 174 Å². The monoisotopic (exact) mass is 1750 g/mol. The van der Waals surface area contributed by atoms with Crippen molar-refractivity contribution in [2.24, 2.45) is 17.3 Å². The number of benzene rings is 9. The SMILES string of the molecule is C=C(C)C(=O)OC(CS(=O)(=O)[O-])C(F)(F)F.C=C(C)C(=O)OC(CS(=O)(=O)[O-])C(F)(F)F.C=C(C)C(=O)OC12CC3CC(C1)CC(C(=O)OC(CS(=O)(=O)[O-])C(F)(F)F)(C3)C2.c1ccc(-[s+]2c3ccccc3c3ccccc32)cc1.c1ccc(-[s+]2c3ccccc3c3ccccc32)cc1.c1ccc([S+](c2ccccc2)c2ccccc2)cc1. The second kappa shape index (κ2) is 38.8. The molecule has 4 saturated carbocycles. The molecule has 11 aromatic rings. The first-order chi connectivity index (χ1) is 55.3. The average molecular weight is 1750 g/mol. The van der Waals surface area contributed by atoms with Gasteiger partial charge in [-0.1, -0.05) is 159 Å². The summed E-state index contributed by atoms with van der Waals surface area (Å²) >= 11 is 0. The fraction of sp³-hybridized carbons (Fsp3) is 0.256. The molecule has 624 valence electrons. The van der Waals surface area contributed by atoms with Crippen LogP contribution in [0.4, 0.5) is 39.5 Å². The van der Waals surface area contributed by atoms with Gasteiger partial charge in [0.25, 0.3) is 0 Å². The lowest BCUT2D eigenvalue weighted by Gasteiger charge is -2.59. The molecule has 0 N–H and O–H groups in total. The van der Waals surface area contributed by atoms with Crippen molar-refractivity contribution in [3.8, 4) is 9.79 Å². The van der Waals surface area contributed by atoms with Crippen LogP contribution in [0.15, 0.2) is 300 Å². The van der Waals surface area contributed by atoms with E-state index < -0.39 is 119 Å². The molecule has 15 rings (SSSR count). The predicted molar refractivity (Wildman–Crippen MR) is 434 cm³/mol. The summed E-state index contributed by atoms with van der Waals surface area (Å²) < 4.78 is 230. The fourth-order valence-corrected chi connectivity index (χ4v) is 22.9. The molecule has 4 fully saturated rings. The molecular weight excluding hydrogens is 1670 g/mol. The topological polar surface area (TPSA) is 277 Å². The highest BCUT2D eigenvalue weighted by Crippen LogP contribution is 2.64. The molecule has 0 amide bonds. The van der Waals surface area contributed by atoms with Gasteiger partial charge in [-0.15, -0.1) is 0 Å². The van der Waals surface area contributed by atoms with E-state index in [4.69, 9.17) is 4.74 Å². The van der Waals surface area contributed by atoms with Gasteiger partial charge in [0.2, 0.25) is 18.3 Å². The second-order valence-corrected chi connectivity index (χ2v) is 38.4. The number of hydrogen-bond donors (Lipinski definition) is 0. The number of ether oxygens (including phenoxy) is 4. The quantitative estimate of drug-likeness (QED) is 0.0182. The van der Waals surface area contributed by atoms with Crippen LogP contribution in [0.3, 0.4) is 0 Å². The highest BCUT2D eigenvalue weighted by Gasteiger charge is 2.64. The number of alkyl halides is 9. The zero-order valence-electron chi connectivity index (χ0n) is 63.3. The maximum atomic E-state index is 13.2. The van der Waals surface area contributed by atoms with Crippen molar-refractivity contribution in [2.45, 2.75) is 116 Å². The average Bonchev–Trinajstić information content (AvgIpc) is 1.00. The van der Waals surface area contributed by atoms with Crippen LogP contribution in [0, 0.1) is 17.3 Å². The van der Waals surface area contributed by atoms with Crippen LogP contribution in [0.25, 0.3) is 50.1 Å². The Hall–Kier alpha value is -10.0. The summed E-state index contributed by atoms with van der Waals surface area (Å²) in [5.74, 6) is -10.2. The Morgan fingerprint density at radius 3 is 0.915 bits per heavy atom. The van der Waals surface area contributed by atoms with E-state index in [9.17, 15) is 97.6 Å². The lowest BCUT2D eigenvalue weighted by Crippen LogP contribution is -2.60. The van der Waals surface area contributed by atoms with Gasteiger partial charge in [-0.3, -0.25) is 4.79 Å². The minimum absolute atomic E-state index is 0.0134. The third kappa shape index (κ3) is 25.0. The molecule has 118 heavy (non-hydrogen) atoms. The first-order valence-electron chi connectivity index (χ1n) is 36.0. The lowest BCUT2D eigenvalue weighted by atomic mass is 9.48. The first kappa shape index (κ1) is 91.9. The summed E-state index contributed by atoms with van der Waals surface area (Å²) in [6, 6.07) is 89.0. The molecule has 4 aliphatic carbocycles. The van der Waals surface area contributed by atoms with E-state index in [1.54, 1.807) is 0 Å². The van der Waals surface area contributed by atoms with Gasteiger partial charge in [0.05, 0.1) is 63.9 Å². The van der Waals surface area contributed by atoms with Gasteiger partial charge < -0.3 is 32.6 Å². The Kier molecular flexibility index (Phi) is 30.2. The molecule has 4 aliphatic rings. The highest BCUT2D eigenvalue weighted by atomic mass is 32.2. The first-order valence-corrected chi connectivity index (χ1v) is 44.4. The predicted octanol–water partition coefficient (Wildman–Crippen LogP) is 19.9. The molecule has 2 aromatic heterocycles. The summed E-state index contributed by atoms with van der Waals surface area (Å²) in [6.07, 6.45) is -22.0. The van der Waals surface area contributed by atoms with Gasteiger partial charge in [0.15, 0.2) is 43.3 Å². The Morgan fingerprint density at radius 1 is 0.398 bits per heavy atom. The molecule has 0 aliphatic heterocycles. The zero-order chi connectivity index (χ0) is 86.3. The van der Waals surface area contributed by atoms with Crippen molar-refractivity contribution >= 4 is 126 Å². The van der Waals surface area contributed by atoms with E-state index in [2.05, 4.69) is 283 Å². The van der Waals surface area contributed by atoms with Crippen LogP contribution in [0.2, 0.25) is 0 Å². The zero-order valence-corrected chi connectivity index (χ0v) is 68.2. The van der Waals surface area contributed by atoms with Crippen LogP contribution in [-0.4, -0.2) is 122 Å². The van der Waals surface area contributed by atoms with Crippen molar-refractivity contribution in [3.05, 3.63) is 285 Å². The maximum Gasteiger partial charge on any atom is 0.426 e. The van der Waals surface area contributed by atoms with E-state index in [-0.39, 0.29) is 79.7 Å². The molecule has 0 radical (unpaired) electrons. The fourth-order valence-electron chi connectivity index (χ4n) is 14.1. The van der Waals surface area contributed by atoms with Gasteiger partial charge in [-0.25, -0.2) is 39.6 Å². The minimum atomic E-state index is -5.27. The number of rotatable bonds is 19. The summed E-state index contributed by atoms with van der Waals surface area (Å²) in [5, 5.41) is 5.58. The Labute approximate surface area is 684 Å². The molecule has 5 unspecified atom stereocenters. The van der Waals surface area contributed by atoms with Gasteiger partial charge in [0.1, 0.15) is 5.60 Å². The van der Waals surface area contributed by atoms with Crippen molar-refractivity contribution in [1.82, 2.24) is 0 Å². The van der Waals surface area contributed by atoms with Crippen molar-refractivity contribution in [3.63, 3.8) is 0 Å². The Balaban J connectivity index is 0.000000164. The smallest absolute Gasteiger partial charge is 0.426 e. The Morgan fingerprint density at radius 2 is 0.653 bits per heavy atom. The van der Waals surface area contributed by atoms with Gasteiger partial charge in [0, 0.05) is 65.6 Å². The number of thiophene rings is 2. The van der Waals surface area contributed by atoms with E-state index in [1.807, 2.05) is 0 Å². The third-order valence-corrected chi connectivity index (χ3v) is 27.6. The van der Waals surface area contributed by atoms with E-state index in [0.717, 1.165) is 20.3 Å². The normalized spacial score (nSPS) is 17.7. The number of esters is 4. The minimum Gasteiger partial charge on any atom is -0.748 e. The lowest BCUT2D eigenvalue weighted by molar-refractivity contribution is -0.236. The molecule has 4 bridgehead atoms. The van der Waals surface area contributed by atoms with Crippen molar-refractivity contribution < 1.29 is 117 Å². The van der Waals surface area contributed by atoms with E-state index in [0.29, 0.717) is 12.8 Å². The number of carbonyl (C=O) groups excluding carboxylic acids is 4. The number of fused-ring (bicyclic) bond motifs is 6. The number of halogens is 9. The van der Waals surface area contributed by atoms with E-state index in [1.165, 1.54) is 71.7 Å². The second-order valence-electron chi connectivity index (χ2n) is 28.1. The van der Waals surface area contributed by atoms with Crippen LogP contribution >= 0.6 is 20.9 Å². The molecular formula is C86H79F9O17S6. The van der Waals surface area contributed by atoms with Crippen molar-refractivity contribution in [2.75, 3.05) is 17.3 Å². The van der Waals surface area contributed by atoms with Crippen LogP contribution in [0.1, 0.15) is 59.3 Å². The highest BCUT2D eigenvalue weighted by molar-refractivity contribution is 7.97. The summed E-state index contributed by atoms with van der Waals surface area (Å²) in [4.78, 5) is 53.3. The largest absolute Gasteiger partial charge is 0.748 e. The number of carbonyl (C=O) groups is 4. The summed E-state index contributed by atoms with van der Waals surface area (Å²) in [5.41, 5.74) is -2.77. The third-order valence-electron chi connectivity index (χ3n) is 18.6. The molecule has 0 spiro atoms. The van der Waals surface area contributed by atoms with Crippen LogP contribution < -0.4 is 0 Å². The number of hydrogen-bond acceptors (Lipinski definition) is 17. The van der Waals surface area contributed by atoms with Crippen LogP contribution in [-0.2, 0) is 79.4 Å². The standard InChI is InChI=1S/C18H23F3O7S.2C18H13S.C18H15S.2C7H9F3O5S/c1-10(2)14(22)28-17-6-11-3-12(7-17)5-16(4-11,9-17)15(23)27-13(18(19,20)21)8-29(24,25)26;2*1-2-8-14(9-3-1)19-17-12-6-4-10-15(17)16-11-5-7-13-18(16)19;1-4-10-16(11-5-1)19(17-12-6-2-7-13-17)18-14-8-3-9-15-18;2*1-4(2)6(11)15-5(7(8,9)10)3-16(12,13)14/h11-13H,1,3-9H2,2H3,(H,24,25,26);2*1-13H;1-15H;2*5H,1,3H2,2H3,(H,12,13,14)/q;3*+1;;/p-3. The van der Waals surface area contributed by atoms with Gasteiger partial charge in [-0.2, -0.15) is 39.5 Å². The molecule has 9 aromatic carbocycles. The molecule has 32 heteroatoms. The molecule has 2 heterocycles. The van der Waals surface area contributed by atoms with Crippen molar-refractivity contribution in [1.29, 1.82) is 0 Å².